The Kier molecular flexibility index (Phi) is 7.49. The number of hydrogen-bond acceptors (Lipinski definition) is 5. The minimum Gasteiger partial charge on any atom is -0.446 e. The van der Waals surface area contributed by atoms with Crippen molar-refractivity contribution in [1.29, 1.82) is 0 Å². The molecule has 0 saturated heterocycles. The molecule has 0 aliphatic rings. The molecule has 0 aliphatic heterocycles. The summed E-state index contributed by atoms with van der Waals surface area (Å²) >= 11 is 0. The van der Waals surface area contributed by atoms with Gasteiger partial charge in [0.25, 0.3) is 0 Å². The van der Waals surface area contributed by atoms with Crippen molar-refractivity contribution in [2.75, 3.05) is 0 Å². The van der Waals surface area contributed by atoms with Gasteiger partial charge >= 0.3 is 11.8 Å². The van der Waals surface area contributed by atoms with Crippen LogP contribution in [-0.2, 0) is 0 Å². The maximum atomic E-state index is 11.7. The number of amides is 2. The summed E-state index contributed by atoms with van der Waals surface area (Å²) in [5, 5.41) is 7.51. The Bertz CT molecular complexity index is 476. The second kappa shape index (κ2) is 9.46. The summed E-state index contributed by atoms with van der Waals surface area (Å²) in [6.45, 7) is 4.02. The first-order chi connectivity index (χ1) is 10.2. The number of carbonyl (C=O) groups is 2. The number of hydrogen-bond donors (Lipinski definition) is 2. The number of nitrogens with one attached hydrogen (secondary N) is 2. The molecule has 0 fully saturated rings. The Morgan fingerprint density at radius 2 is 1.43 bits per heavy atom. The SMILES string of the molecule is CCCC=NNC(=O)c1ccc(C(=O)NN=CCCC)o1. The van der Waals surface area contributed by atoms with E-state index in [2.05, 4.69) is 21.1 Å². The zero-order valence-corrected chi connectivity index (χ0v) is 12.3. The normalized spacial score (nSPS) is 11.1. The van der Waals surface area contributed by atoms with E-state index in [9.17, 15) is 9.59 Å². The van der Waals surface area contributed by atoms with E-state index in [-0.39, 0.29) is 11.5 Å². The highest BCUT2D eigenvalue weighted by Crippen LogP contribution is 2.07. The average molecular weight is 292 g/mol. The zero-order chi connectivity index (χ0) is 15.5. The molecule has 7 heteroatoms. The second-order valence-electron chi connectivity index (χ2n) is 4.25. The molecule has 1 heterocycles. The Morgan fingerprint density at radius 3 is 1.81 bits per heavy atom. The molecule has 1 aromatic heterocycles. The van der Waals surface area contributed by atoms with Crippen LogP contribution in [0.25, 0.3) is 0 Å². The van der Waals surface area contributed by atoms with Crippen molar-refractivity contribution >= 4 is 24.2 Å². The summed E-state index contributed by atoms with van der Waals surface area (Å²) < 4.78 is 5.15. The fourth-order valence-electron chi connectivity index (χ4n) is 1.29. The largest absolute Gasteiger partial charge is 0.446 e. The lowest BCUT2D eigenvalue weighted by Crippen LogP contribution is -2.18. The second-order valence-corrected chi connectivity index (χ2v) is 4.25. The van der Waals surface area contributed by atoms with Crippen molar-refractivity contribution in [3.8, 4) is 0 Å². The predicted octanol–water partition coefficient (Wildman–Crippen LogP) is 2.31. The molecule has 2 amide bonds. The van der Waals surface area contributed by atoms with E-state index in [1.807, 2.05) is 13.8 Å². The molecule has 0 unspecified atom stereocenters. The van der Waals surface area contributed by atoms with Crippen LogP contribution >= 0.6 is 0 Å². The smallest absolute Gasteiger partial charge is 0.307 e. The molecule has 1 aromatic rings. The topological polar surface area (TPSA) is 96.1 Å². The van der Waals surface area contributed by atoms with Gasteiger partial charge in [-0.2, -0.15) is 10.2 Å². The lowest BCUT2D eigenvalue weighted by atomic mass is 10.4. The van der Waals surface area contributed by atoms with Crippen LogP contribution < -0.4 is 10.9 Å². The quantitative estimate of drug-likeness (QED) is 0.568. The first-order valence-corrected chi connectivity index (χ1v) is 6.92. The molecule has 0 bridgehead atoms. The van der Waals surface area contributed by atoms with Crippen LogP contribution in [-0.4, -0.2) is 24.2 Å². The summed E-state index contributed by atoms with van der Waals surface area (Å²) in [5.41, 5.74) is 4.64. The van der Waals surface area contributed by atoms with Gasteiger partial charge in [-0.15, -0.1) is 0 Å². The van der Waals surface area contributed by atoms with E-state index < -0.39 is 11.8 Å². The monoisotopic (exact) mass is 292 g/mol. The van der Waals surface area contributed by atoms with Crippen LogP contribution in [0.15, 0.2) is 26.8 Å². The van der Waals surface area contributed by atoms with E-state index in [0.29, 0.717) is 0 Å². The molecule has 0 atom stereocenters. The summed E-state index contributed by atoms with van der Waals surface area (Å²) in [6.07, 6.45) is 6.67. The third-order valence-electron chi connectivity index (χ3n) is 2.40. The van der Waals surface area contributed by atoms with Gasteiger partial charge < -0.3 is 4.42 Å². The average Bonchev–Trinajstić information content (AvgIpc) is 2.98. The molecule has 21 heavy (non-hydrogen) atoms. The van der Waals surface area contributed by atoms with E-state index in [1.54, 1.807) is 12.4 Å². The zero-order valence-electron chi connectivity index (χ0n) is 12.3. The van der Waals surface area contributed by atoms with Crippen molar-refractivity contribution < 1.29 is 14.0 Å². The van der Waals surface area contributed by atoms with Crippen LogP contribution in [0, 0.1) is 0 Å². The van der Waals surface area contributed by atoms with Gasteiger partial charge in [0.15, 0.2) is 11.5 Å². The highest BCUT2D eigenvalue weighted by atomic mass is 16.4. The van der Waals surface area contributed by atoms with Crippen LogP contribution in [0.1, 0.15) is 60.6 Å². The Hall–Kier alpha value is -2.44. The minimum absolute atomic E-state index is 0.0198. The third kappa shape index (κ3) is 6.03. The van der Waals surface area contributed by atoms with Gasteiger partial charge in [-0.05, 0) is 25.0 Å². The molecule has 0 aliphatic carbocycles. The van der Waals surface area contributed by atoms with Gasteiger partial charge in [-0.25, -0.2) is 10.9 Å². The summed E-state index contributed by atoms with van der Waals surface area (Å²) in [5.74, 6) is -0.968. The lowest BCUT2D eigenvalue weighted by molar-refractivity contribution is 0.0902. The van der Waals surface area contributed by atoms with Crippen molar-refractivity contribution in [3.05, 3.63) is 23.7 Å². The maximum absolute atomic E-state index is 11.7. The van der Waals surface area contributed by atoms with Crippen LogP contribution in [0.2, 0.25) is 0 Å². The van der Waals surface area contributed by atoms with Crippen LogP contribution in [0.4, 0.5) is 0 Å². The highest BCUT2D eigenvalue weighted by molar-refractivity contribution is 5.95. The third-order valence-corrected chi connectivity index (χ3v) is 2.40. The molecule has 0 spiro atoms. The first-order valence-electron chi connectivity index (χ1n) is 6.92. The first kappa shape index (κ1) is 16.6. The van der Waals surface area contributed by atoms with E-state index in [4.69, 9.17) is 4.42 Å². The van der Waals surface area contributed by atoms with Crippen molar-refractivity contribution in [3.63, 3.8) is 0 Å². The number of carbonyl (C=O) groups excluding carboxylic acids is 2. The molecule has 0 saturated carbocycles. The number of nitrogens with zero attached hydrogens (tertiary/aromatic N) is 2. The fraction of sp³-hybridized carbons (Fsp3) is 0.429. The Labute approximate surface area is 123 Å². The molecule has 2 N–H and O–H groups in total. The maximum Gasteiger partial charge on any atom is 0.307 e. The number of rotatable bonds is 8. The van der Waals surface area contributed by atoms with Crippen molar-refractivity contribution in [1.82, 2.24) is 10.9 Å². The highest BCUT2D eigenvalue weighted by Gasteiger charge is 2.14. The summed E-state index contributed by atoms with van der Waals surface area (Å²) in [7, 11) is 0. The Balaban J connectivity index is 2.51. The van der Waals surface area contributed by atoms with Gasteiger partial charge in [0.2, 0.25) is 0 Å². The number of hydrazone groups is 2. The number of furan rings is 1. The molecule has 7 nitrogen and oxygen atoms in total. The number of unbranched alkanes of at least 4 members (excludes halogenated alkanes) is 2. The van der Waals surface area contributed by atoms with Crippen LogP contribution in [0.3, 0.4) is 0 Å². The standard InChI is InChI=1S/C14H20N4O3/c1-3-5-9-15-17-13(19)11-7-8-12(21-11)14(20)18-16-10-6-4-2/h7-10H,3-6H2,1-2H3,(H,17,19)(H,18,20). The molecule has 114 valence electrons. The minimum atomic E-state index is -0.504. The molecule has 0 radical (unpaired) electrons. The van der Waals surface area contributed by atoms with Gasteiger partial charge in [0, 0.05) is 12.4 Å². The van der Waals surface area contributed by atoms with E-state index >= 15 is 0 Å². The molecule has 1 rings (SSSR count). The summed E-state index contributed by atoms with van der Waals surface area (Å²) in [6, 6.07) is 2.82. The van der Waals surface area contributed by atoms with Crippen LogP contribution in [0.5, 0.6) is 0 Å². The molecule has 0 aromatic carbocycles. The van der Waals surface area contributed by atoms with Gasteiger partial charge in [-0.1, -0.05) is 26.7 Å². The van der Waals surface area contributed by atoms with Crippen molar-refractivity contribution in [2.45, 2.75) is 39.5 Å². The Morgan fingerprint density at radius 1 is 1.00 bits per heavy atom. The van der Waals surface area contributed by atoms with E-state index in [1.165, 1.54) is 12.1 Å². The van der Waals surface area contributed by atoms with Crippen molar-refractivity contribution in [2.24, 2.45) is 10.2 Å². The van der Waals surface area contributed by atoms with Gasteiger partial charge in [0.05, 0.1) is 0 Å². The van der Waals surface area contributed by atoms with Gasteiger partial charge in [0.1, 0.15) is 0 Å². The van der Waals surface area contributed by atoms with E-state index in [0.717, 1.165) is 25.7 Å². The van der Waals surface area contributed by atoms with Gasteiger partial charge in [-0.3, -0.25) is 9.59 Å². The molecular weight excluding hydrogens is 272 g/mol. The fourth-order valence-corrected chi connectivity index (χ4v) is 1.29. The molecular formula is C14H20N4O3. The predicted molar refractivity (Wildman–Crippen MR) is 80.4 cm³/mol. The summed E-state index contributed by atoms with van der Waals surface area (Å²) in [4.78, 5) is 23.3. The lowest BCUT2D eigenvalue weighted by Gasteiger charge is -1.96.